The third-order valence-electron chi connectivity index (χ3n) is 4.66. The lowest BCUT2D eigenvalue weighted by molar-refractivity contribution is -0.117. The molecule has 0 radical (unpaired) electrons. The summed E-state index contributed by atoms with van der Waals surface area (Å²) in [6, 6.07) is 21.8. The van der Waals surface area contributed by atoms with Gasteiger partial charge in [0.2, 0.25) is 5.91 Å². The molecule has 1 aliphatic rings. The minimum Gasteiger partial charge on any atom is -0.492 e. The highest BCUT2D eigenvalue weighted by Gasteiger charge is 2.28. The molecule has 3 aromatic carbocycles. The van der Waals surface area contributed by atoms with Crippen molar-refractivity contribution in [2.75, 3.05) is 22.7 Å². The van der Waals surface area contributed by atoms with E-state index in [9.17, 15) is 9.59 Å². The number of para-hydroxylation sites is 3. The van der Waals surface area contributed by atoms with Gasteiger partial charge < -0.3 is 10.1 Å². The number of hydrogen-bond acceptors (Lipinski definition) is 3. The molecule has 0 atom stereocenters. The predicted molar refractivity (Wildman–Crippen MR) is 114 cm³/mol. The smallest absolute Gasteiger partial charge is 0.257 e. The van der Waals surface area contributed by atoms with Crippen LogP contribution in [0.25, 0.3) is 0 Å². The SMILES string of the molecule is O=C1Nc2ccccc2N(C(=O)Cc2ccc(OCCCl)cc2)c2ccccc21. The number of anilines is 3. The fourth-order valence-corrected chi connectivity index (χ4v) is 3.41. The Hall–Kier alpha value is -3.31. The maximum Gasteiger partial charge on any atom is 0.257 e. The molecule has 5 nitrogen and oxygen atoms in total. The van der Waals surface area contributed by atoms with Gasteiger partial charge in [0.15, 0.2) is 0 Å². The van der Waals surface area contributed by atoms with E-state index < -0.39 is 0 Å². The molecule has 29 heavy (non-hydrogen) atoms. The molecule has 0 aliphatic carbocycles. The lowest BCUT2D eigenvalue weighted by atomic mass is 10.1. The van der Waals surface area contributed by atoms with Gasteiger partial charge in [-0.2, -0.15) is 0 Å². The average Bonchev–Trinajstić information content (AvgIpc) is 2.87. The normalized spacial score (nSPS) is 12.4. The van der Waals surface area contributed by atoms with Crippen LogP contribution in [-0.2, 0) is 11.2 Å². The van der Waals surface area contributed by atoms with E-state index in [0.29, 0.717) is 40.9 Å². The van der Waals surface area contributed by atoms with Crippen LogP contribution in [0, 0.1) is 0 Å². The van der Waals surface area contributed by atoms with E-state index in [1.165, 1.54) is 0 Å². The van der Waals surface area contributed by atoms with Crippen molar-refractivity contribution in [1.29, 1.82) is 0 Å². The Morgan fingerprint density at radius 3 is 2.38 bits per heavy atom. The highest BCUT2D eigenvalue weighted by atomic mass is 35.5. The molecule has 146 valence electrons. The van der Waals surface area contributed by atoms with Crippen LogP contribution >= 0.6 is 11.6 Å². The molecular weight excluding hydrogens is 388 g/mol. The summed E-state index contributed by atoms with van der Waals surface area (Å²) in [5, 5.41) is 2.89. The van der Waals surface area contributed by atoms with Gasteiger partial charge in [0.25, 0.3) is 5.91 Å². The fraction of sp³-hybridized carbons (Fsp3) is 0.130. The van der Waals surface area contributed by atoms with Crippen molar-refractivity contribution >= 4 is 40.5 Å². The average molecular weight is 407 g/mol. The molecular formula is C23H19ClN2O3. The van der Waals surface area contributed by atoms with Crippen molar-refractivity contribution in [2.24, 2.45) is 0 Å². The third-order valence-corrected chi connectivity index (χ3v) is 4.81. The Labute approximate surface area is 173 Å². The zero-order valence-electron chi connectivity index (χ0n) is 15.6. The largest absolute Gasteiger partial charge is 0.492 e. The van der Waals surface area contributed by atoms with Gasteiger partial charge in [0, 0.05) is 0 Å². The first-order valence-corrected chi connectivity index (χ1v) is 9.81. The van der Waals surface area contributed by atoms with E-state index >= 15 is 0 Å². The van der Waals surface area contributed by atoms with Crippen molar-refractivity contribution in [2.45, 2.75) is 6.42 Å². The van der Waals surface area contributed by atoms with Gasteiger partial charge in [-0.3, -0.25) is 14.5 Å². The van der Waals surface area contributed by atoms with Crippen molar-refractivity contribution < 1.29 is 14.3 Å². The van der Waals surface area contributed by atoms with Crippen molar-refractivity contribution in [3.63, 3.8) is 0 Å². The second kappa shape index (κ2) is 8.37. The summed E-state index contributed by atoms with van der Waals surface area (Å²) in [7, 11) is 0. The van der Waals surface area contributed by atoms with Crippen LogP contribution < -0.4 is 15.0 Å². The van der Waals surface area contributed by atoms with Crippen molar-refractivity contribution in [1.82, 2.24) is 0 Å². The number of benzene rings is 3. The lowest BCUT2D eigenvalue weighted by Crippen LogP contribution is -2.28. The number of halogens is 1. The minimum atomic E-state index is -0.232. The quantitative estimate of drug-likeness (QED) is 0.620. The maximum atomic E-state index is 13.3. The summed E-state index contributed by atoms with van der Waals surface area (Å²) < 4.78 is 5.48. The second-order valence-corrected chi connectivity index (χ2v) is 6.95. The summed E-state index contributed by atoms with van der Waals surface area (Å²) >= 11 is 5.64. The number of alkyl halides is 1. The second-order valence-electron chi connectivity index (χ2n) is 6.58. The van der Waals surface area contributed by atoms with Crippen molar-refractivity contribution in [3.8, 4) is 5.75 Å². The molecule has 0 saturated carbocycles. The van der Waals surface area contributed by atoms with E-state index in [2.05, 4.69) is 5.32 Å². The molecule has 3 aromatic rings. The van der Waals surface area contributed by atoms with Gasteiger partial charge in [-0.05, 0) is 42.0 Å². The standard InChI is InChI=1S/C23H19ClN2O3/c24-13-14-29-17-11-9-16(10-12-17)15-22(27)26-20-7-3-1-5-18(20)23(28)25-19-6-2-4-8-21(19)26/h1-12H,13-15H2,(H,25,28). The zero-order valence-corrected chi connectivity index (χ0v) is 16.4. The van der Waals surface area contributed by atoms with Crippen LogP contribution in [0.3, 0.4) is 0 Å². The topological polar surface area (TPSA) is 58.6 Å². The molecule has 2 amide bonds. The van der Waals surface area contributed by atoms with Gasteiger partial charge in [-0.1, -0.05) is 36.4 Å². The molecule has 1 aliphatic heterocycles. The minimum absolute atomic E-state index is 0.129. The Bertz CT molecular complexity index is 1050. The molecule has 4 rings (SSSR count). The molecule has 6 heteroatoms. The van der Waals surface area contributed by atoms with E-state index in [0.717, 1.165) is 5.56 Å². The first kappa shape index (κ1) is 19.0. The maximum absolute atomic E-state index is 13.3. The third kappa shape index (κ3) is 3.96. The predicted octanol–water partition coefficient (Wildman–Crippen LogP) is 4.78. The number of fused-ring (bicyclic) bond motifs is 2. The van der Waals surface area contributed by atoms with Crippen LogP contribution in [0.4, 0.5) is 17.1 Å². The number of hydrogen-bond donors (Lipinski definition) is 1. The Morgan fingerprint density at radius 2 is 1.62 bits per heavy atom. The van der Waals surface area contributed by atoms with E-state index in [4.69, 9.17) is 16.3 Å². The van der Waals surface area contributed by atoms with Crippen LogP contribution in [-0.4, -0.2) is 24.3 Å². The van der Waals surface area contributed by atoms with Gasteiger partial charge >= 0.3 is 0 Å². The number of rotatable bonds is 5. The number of carbonyl (C=O) groups excluding carboxylic acids is 2. The number of nitrogens with one attached hydrogen (secondary N) is 1. The number of amides is 2. The first-order chi connectivity index (χ1) is 14.2. The Balaban J connectivity index is 1.67. The van der Waals surface area contributed by atoms with E-state index in [-0.39, 0.29) is 18.2 Å². The van der Waals surface area contributed by atoms with E-state index in [1.807, 2.05) is 48.5 Å². The molecule has 0 saturated heterocycles. The summed E-state index contributed by atoms with van der Waals surface area (Å²) in [5.41, 5.74) is 3.14. The number of carbonyl (C=O) groups is 2. The first-order valence-electron chi connectivity index (χ1n) is 9.27. The van der Waals surface area contributed by atoms with Gasteiger partial charge in [-0.25, -0.2) is 0 Å². The summed E-state index contributed by atoms with van der Waals surface area (Å²) in [6.45, 7) is 0.433. The molecule has 1 heterocycles. The fourth-order valence-electron chi connectivity index (χ4n) is 3.34. The Kier molecular flexibility index (Phi) is 5.49. The van der Waals surface area contributed by atoms with Crippen molar-refractivity contribution in [3.05, 3.63) is 83.9 Å². The lowest BCUT2D eigenvalue weighted by Gasteiger charge is -2.24. The summed E-state index contributed by atoms with van der Waals surface area (Å²) in [4.78, 5) is 27.6. The molecule has 1 N–H and O–H groups in total. The monoisotopic (exact) mass is 406 g/mol. The number of ether oxygens (including phenoxy) is 1. The zero-order chi connectivity index (χ0) is 20.2. The number of nitrogens with zero attached hydrogens (tertiary/aromatic N) is 1. The van der Waals surface area contributed by atoms with E-state index in [1.54, 1.807) is 29.2 Å². The molecule has 0 bridgehead atoms. The molecule has 0 spiro atoms. The highest BCUT2D eigenvalue weighted by molar-refractivity contribution is 6.18. The molecule has 0 unspecified atom stereocenters. The van der Waals surface area contributed by atoms with Crippen LogP contribution in [0.2, 0.25) is 0 Å². The van der Waals surface area contributed by atoms with Gasteiger partial charge in [0.1, 0.15) is 12.4 Å². The highest BCUT2D eigenvalue weighted by Crippen LogP contribution is 2.38. The van der Waals surface area contributed by atoms with Crippen LogP contribution in [0.5, 0.6) is 5.75 Å². The molecule has 0 fully saturated rings. The summed E-state index contributed by atoms with van der Waals surface area (Å²) in [6.07, 6.45) is 0.187. The summed E-state index contributed by atoms with van der Waals surface area (Å²) in [5.74, 6) is 0.767. The Morgan fingerprint density at radius 1 is 0.931 bits per heavy atom. The van der Waals surface area contributed by atoms with Gasteiger partial charge in [-0.15, -0.1) is 11.6 Å². The van der Waals surface area contributed by atoms with Gasteiger partial charge in [0.05, 0.1) is 34.9 Å². The van der Waals surface area contributed by atoms with Crippen LogP contribution in [0.1, 0.15) is 15.9 Å². The molecule has 0 aromatic heterocycles. The van der Waals surface area contributed by atoms with Crippen LogP contribution in [0.15, 0.2) is 72.8 Å².